The molecule has 0 radical (unpaired) electrons. The number of carbonyl (C=O) groups excluding carboxylic acids is 1. The Bertz CT molecular complexity index is 2730. The van der Waals surface area contributed by atoms with Crippen molar-refractivity contribution in [2.45, 2.75) is 32.4 Å². The lowest BCUT2D eigenvalue weighted by Crippen LogP contribution is -2.41. The molecule has 1 fully saturated rings. The SMILES string of the molecule is CC(=O)N1CCC(Nc2cc(-c3cccc(N(C)C)c3)c3nccnc3c2)CC1.Cn1ccc2cc(-c3cc(NCc4cnc(Cl)nc4)cc4nccnc34)ccc21. The summed E-state index contributed by atoms with van der Waals surface area (Å²) in [7, 11) is 6.14. The van der Waals surface area contributed by atoms with E-state index in [9.17, 15) is 4.79 Å². The molecule has 1 aliphatic rings. The van der Waals surface area contributed by atoms with Gasteiger partial charge in [-0.2, -0.15) is 0 Å². The number of benzene rings is 4. The van der Waals surface area contributed by atoms with Crippen molar-refractivity contribution in [1.29, 1.82) is 0 Å². The first-order valence-corrected chi connectivity index (χ1v) is 19.6. The summed E-state index contributed by atoms with van der Waals surface area (Å²) < 4.78 is 2.11. The van der Waals surface area contributed by atoms with E-state index < -0.39 is 0 Å². The van der Waals surface area contributed by atoms with Gasteiger partial charge in [-0.25, -0.2) is 9.97 Å². The molecule has 4 aromatic carbocycles. The maximum atomic E-state index is 11.6. The molecule has 4 aromatic heterocycles. The minimum absolute atomic E-state index is 0.160. The molecule has 5 heterocycles. The number of piperidine rings is 1. The van der Waals surface area contributed by atoms with Crippen molar-refractivity contribution in [2.24, 2.45) is 7.05 Å². The third-order valence-electron chi connectivity index (χ3n) is 10.5. The molecule has 0 bridgehead atoms. The number of nitrogens with zero attached hydrogens (tertiary/aromatic N) is 9. The second-order valence-corrected chi connectivity index (χ2v) is 15.0. The van der Waals surface area contributed by atoms with Crippen LogP contribution in [0.1, 0.15) is 25.3 Å². The molecule has 0 spiro atoms. The lowest BCUT2D eigenvalue weighted by Gasteiger charge is -2.32. The van der Waals surface area contributed by atoms with E-state index in [0.717, 1.165) is 92.9 Å². The maximum absolute atomic E-state index is 11.6. The summed E-state index contributed by atoms with van der Waals surface area (Å²) in [6.45, 7) is 3.83. The van der Waals surface area contributed by atoms with Crippen LogP contribution in [-0.4, -0.2) is 78.5 Å². The van der Waals surface area contributed by atoms with E-state index in [0.29, 0.717) is 12.6 Å². The first kappa shape index (κ1) is 38.2. The van der Waals surface area contributed by atoms with Crippen molar-refractivity contribution < 1.29 is 4.79 Å². The van der Waals surface area contributed by atoms with Gasteiger partial charge in [-0.05, 0) is 90.2 Å². The van der Waals surface area contributed by atoms with Crippen molar-refractivity contribution in [2.75, 3.05) is 42.7 Å². The van der Waals surface area contributed by atoms with E-state index in [1.807, 2.05) is 32.1 Å². The maximum Gasteiger partial charge on any atom is 0.222 e. The van der Waals surface area contributed by atoms with Crippen molar-refractivity contribution >= 4 is 67.5 Å². The third kappa shape index (κ3) is 8.52. The summed E-state index contributed by atoms with van der Waals surface area (Å²) in [6, 6.07) is 25.7. The van der Waals surface area contributed by atoms with E-state index in [2.05, 4.69) is 123 Å². The monoisotopic (exact) mass is 789 g/mol. The zero-order valence-corrected chi connectivity index (χ0v) is 33.6. The van der Waals surface area contributed by atoms with E-state index in [1.165, 1.54) is 10.9 Å². The molecule has 1 saturated heterocycles. The fourth-order valence-electron chi connectivity index (χ4n) is 7.38. The number of hydrogen-bond donors (Lipinski definition) is 2. The molecule has 1 amide bonds. The van der Waals surface area contributed by atoms with Gasteiger partial charge in [0, 0.05) is 142 Å². The normalized spacial score (nSPS) is 13.0. The number of amides is 1. The van der Waals surface area contributed by atoms with Crippen LogP contribution < -0.4 is 15.5 Å². The van der Waals surface area contributed by atoms with Crippen LogP contribution in [0.5, 0.6) is 0 Å². The van der Waals surface area contributed by atoms with Crippen LogP contribution in [0, 0.1) is 0 Å². The highest BCUT2D eigenvalue weighted by molar-refractivity contribution is 6.28. The van der Waals surface area contributed by atoms with Gasteiger partial charge >= 0.3 is 0 Å². The van der Waals surface area contributed by atoms with Gasteiger partial charge in [-0.3, -0.25) is 24.7 Å². The number of anilines is 3. The fraction of sp³-hybridized carbons (Fsp3) is 0.222. The standard InChI is InChI=1S/C23H27N5O.C22H17ClN6/c1-16(29)28-11-7-18(8-12-28)26-19-14-21(23-22(15-19)24-9-10-25-23)17-5-4-6-20(13-17)27(2)3;1-29-7-4-16-8-15(2-3-20(16)29)18-9-17(10-19-21(18)25-6-5-24-19)26-11-14-12-27-22(23)28-13-14/h4-6,9-10,13-15,18,26H,7-8,11-12H2,1-3H3;2-10,12-13,26H,11H2,1H3. The van der Waals surface area contributed by atoms with E-state index in [4.69, 9.17) is 11.6 Å². The molecule has 12 nitrogen and oxygen atoms in total. The van der Waals surface area contributed by atoms with Gasteiger partial charge in [0.2, 0.25) is 11.2 Å². The average Bonchev–Trinajstić information content (AvgIpc) is 3.62. The average molecular weight is 790 g/mol. The van der Waals surface area contributed by atoms with Gasteiger partial charge < -0.3 is 25.0 Å². The Hall–Kier alpha value is -6.66. The van der Waals surface area contributed by atoms with Gasteiger partial charge in [0.25, 0.3) is 0 Å². The number of halogens is 1. The lowest BCUT2D eigenvalue weighted by molar-refractivity contribution is -0.129. The minimum atomic E-state index is 0.160. The van der Waals surface area contributed by atoms with Crippen LogP contribution >= 0.6 is 11.6 Å². The molecule has 8 aromatic rings. The summed E-state index contributed by atoms with van der Waals surface area (Å²) in [6.07, 6.45) is 14.3. The molecule has 292 valence electrons. The highest BCUT2D eigenvalue weighted by Gasteiger charge is 2.21. The first-order valence-electron chi connectivity index (χ1n) is 19.2. The molecule has 0 unspecified atom stereocenters. The molecule has 13 heteroatoms. The highest BCUT2D eigenvalue weighted by Crippen LogP contribution is 2.34. The Morgan fingerprint density at radius 2 is 1.41 bits per heavy atom. The Kier molecular flexibility index (Phi) is 11.1. The quantitative estimate of drug-likeness (QED) is 0.144. The molecule has 0 aliphatic carbocycles. The predicted octanol–water partition coefficient (Wildman–Crippen LogP) is 8.63. The molecule has 2 N–H and O–H groups in total. The molecular weight excluding hydrogens is 746 g/mol. The van der Waals surface area contributed by atoms with Crippen molar-refractivity contribution in [3.05, 3.63) is 127 Å². The summed E-state index contributed by atoms with van der Waals surface area (Å²) in [5.74, 6) is 0.160. The highest BCUT2D eigenvalue weighted by atomic mass is 35.5. The van der Waals surface area contributed by atoms with Gasteiger partial charge in [-0.1, -0.05) is 18.2 Å². The van der Waals surface area contributed by atoms with E-state index >= 15 is 0 Å². The van der Waals surface area contributed by atoms with Gasteiger partial charge in [0.1, 0.15) is 0 Å². The second kappa shape index (κ2) is 16.8. The molecular formula is C45H44ClN11O. The number of hydrogen-bond acceptors (Lipinski definition) is 10. The van der Waals surface area contributed by atoms with Gasteiger partial charge in [0.05, 0.1) is 22.1 Å². The summed E-state index contributed by atoms with van der Waals surface area (Å²) in [5, 5.41) is 8.53. The number of likely N-dealkylation sites (tertiary alicyclic amines) is 1. The minimum Gasteiger partial charge on any atom is -0.382 e. The van der Waals surface area contributed by atoms with Crippen LogP contribution in [0.25, 0.3) is 55.2 Å². The third-order valence-corrected chi connectivity index (χ3v) is 10.7. The smallest absolute Gasteiger partial charge is 0.222 e. The molecule has 0 atom stereocenters. The Morgan fingerprint density at radius 1 is 0.776 bits per heavy atom. The molecule has 9 rings (SSSR count). The number of carbonyl (C=O) groups is 1. The number of aryl methyl sites for hydroxylation is 1. The van der Waals surface area contributed by atoms with E-state index in [-0.39, 0.29) is 11.2 Å². The Labute approximate surface area is 342 Å². The number of aromatic nitrogens is 7. The van der Waals surface area contributed by atoms with Crippen molar-refractivity contribution in [1.82, 2.24) is 39.4 Å². The fourth-order valence-corrected chi connectivity index (χ4v) is 7.48. The summed E-state index contributed by atoms with van der Waals surface area (Å²) >= 11 is 5.77. The van der Waals surface area contributed by atoms with Crippen LogP contribution in [0.4, 0.5) is 17.1 Å². The van der Waals surface area contributed by atoms with Crippen LogP contribution in [-0.2, 0) is 18.4 Å². The zero-order valence-electron chi connectivity index (χ0n) is 32.9. The molecule has 1 aliphatic heterocycles. The van der Waals surface area contributed by atoms with Crippen LogP contribution in [0.3, 0.4) is 0 Å². The van der Waals surface area contributed by atoms with E-state index in [1.54, 1.807) is 44.1 Å². The van der Waals surface area contributed by atoms with Crippen molar-refractivity contribution in [3.8, 4) is 22.3 Å². The summed E-state index contributed by atoms with van der Waals surface area (Å²) in [4.78, 5) is 41.9. The Morgan fingerprint density at radius 3 is 2.09 bits per heavy atom. The first-order chi connectivity index (χ1) is 28.2. The van der Waals surface area contributed by atoms with Gasteiger partial charge in [-0.15, -0.1) is 0 Å². The topological polar surface area (TPSA) is 130 Å². The molecule has 58 heavy (non-hydrogen) atoms. The summed E-state index contributed by atoms with van der Waals surface area (Å²) in [5.41, 5.74) is 13.1. The zero-order chi connectivity index (χ0) is 40.2. The predicted molar refractivity (Wildman–Crippen MR) is 234 cm³/mol. The molecule has 0 saturated carbocycles. The number of rotatable bonds is 8. The second-order valence-electron chi connectivity index (χ2n) is 14.7. The van der Waals surface area contributed by atoms with Crippen LogP contribution in [0.15, 0.2) is 116 Å². The lowest BCUT2D eigenvalue weighted by atomic mass is 10.0. The number of fused-ring (bicyclic) bond motifs is 3. The largest absolute Gasteiger partial charge is 0.382 e. The van der Waals surface area contributed by atoms with Gasteiger partial charge in [0.15, 0.2) is 0 Å². The Balaban J connectivity index is 0.000000162. The number of nitrogens with one attached hydrogen (secondary N) is 2. The van der Waals surface area contributed by atoms with Crippen molar-refractivity contribution in [3.63, 3.8) is 0 Å². The van der Waals surface area contributed by atoms with Crippen LogP contribution in [0.2, 0.25) is 5.28 Å².